The first kappa shape index (κ1) is 12.8. The van der Waals surface area contributed by atoms with Crippen LogP contribution in [0.15, 0.2) is 12.4 Å². The summed E-state index contributed by atoms with van der Waals surface area (Å²) in [6.45, 7) is 3.71. The lowest BCUT2D eigenvalue weighted by Gasteiger charge is -2.12. The van der Waals surface area contributed by atoms with E-state index in [2.05, 4.69) is 15.3 Å². The average Bonchev–Trinajstić information content (AvgIpc) is 2.26. The van der Waals surface area contributed by atoms with E-state index < -0.39 is 12.5 Å². The van der Waals surface area contributed by atoms with Crippen LogP contribution in [0.3, 0.4) is 0 Å². The number of aliphatic hydroxyl groups is 1. The molecule has 1 aromatic rings. The van der Waals surface area contributed by atoms with E-state index >= 15 is 0 Å². The molecule has 0 fully saturated rings. The highest BCUT2D eigenvalue weighted by Gasteiger charge is 2.16. The van der Waals surface area contributed by atoms with E-state index in [-0.39, 0.29) is 12.5 Å². The zero-order valence-corrected chi connectivity index (χ0v) is 9.19. The third-order valence-corrected chi connectivity index (χ3v) is 2.06. The van der Waals surface area contributed by atoms with Crippen molar-refractivity contribution in [2.24, 2.45) is 0 Å². The van der Waals surface area contributed by atoms with E-state index in [0.29, 0.717) is 5.82 Å². The van der Waals surface area contributed by atoms with Crippen molar-refractivity contribution in [3.8, 4) is 0 Å². The second-order valence-corrected chi connectivity index (χ2v) is 3.77. The SMILES string of the molecule is CC(C)c1cc(NCC(O)C(F)F)ncn1. The van der Waals surface area contributed by atoms with Crippen LogP contribution < -0.4 is 5.32 Å². The molecule has 1 atom stereocenters. The van der Waals surface area contributed by atoms with E-state index in [1.165, 1.54) is 6.33 Å². The molecule has 0 saturated carbocycles. The molecule has 0 aliphatic carbocycles. The Kier molecular flexibility index (Phi) is 4.54. The predicted octanol–water partition coefficient (Wildman–Crippen LogP) is 1.64. The van der Waals surface area contributed by atoms with Gasteiger partial charge in [-0.3, -0.25) is 0 Å². The molecule has 4 nitrogen and oxygen atoms in total. The van der Waals surface area contributed by atoms with Crippen molar-refractivity contribution in [2.75, 3.05) is 11.9 Å². The molecule has 0 spiro atoms. The molecule has 16 heavy (non-hydrogen) atoms. The molecular formula is C10H15F2N3O. The predicted molar refractivity (Wildman–Crippen MR) is 56.6 cm³/mol. The van der Waals surface area contributed by atoms with Gasteiger partial charge in [0.25, 0.3) is 6.43 Å². The molecule has 6 heteroatoms. The largest absolute Gasteiger partial charge is 0.385 e. The number of halogens is 2. The number of nitrogens with zero attached hydrogens (tertiary/aromatic N) is 2. The first-order chi connectivity index (χ1) is 7.50. The van der Waals surface area contributed by atoms with Crippen molar-refractivity contribution in [1.82, 2.24) is 9.97 Å². The Hall–Kier alpha value is -1.30. The fourth-order valence-corrected chi connectivity index (χ4v) is 1.08. The zero-order valence-electron chi connectivity index (χ0n) is 9.19. The molecule has 0 radical (unpaired) electrons. The molecule has 1 aromatic heterocycles. The van der Waals surface area contributed by atoms with E-state index in [9.17, 15) is 8.78 Å². The highest BCUT2D eigenvalue weighted by Crippen LogP contribution is 2.13. The summed E-state index contributed by atoms with van der Waals surface area (Å²) in [5.41, 5.74) is 0.823. The summed E-state index contributed by atoms with van der Waals surface area (Å²) < 4.78 is 24.0. The van der Waals surface area contributed by atoms with Gasteiger partial charge in [0.2, 0.25) is 0 Å². The lowest BCUT2D eigenvalue weighted by Crippen LogP contribution is -2.27. The summed E-state index contributed by atoms with van der Waals surface area (Å²) in [7, 11) is 0. The molecule has 0 aliphatic heterocycles. The zero-order chi connectivity index (χ0) is 12.1. The Morgan fingerprint density at radius 3 is 2.62 bits per heavy atom. The van der Waals surface area contributed by atoms with Crippen molar-refractivity contribution in [3.63, 3.8) is 0 Å². The van der Waals surface area contributed by atoms with Gasteiger partial charge in [-0.25, -0.2) is 18.7 Å². The maximum Gasteiger partial charge on any atom is 0.265 e. The summed E-state index contributed by atoms with van der Waals surface area (Å²) in [6, 6.07) is 1.68. The van der Waals surface area contributed by atoms with E-state index in [4.69, 9.17) is 5.11 Å². The van der Waals surface area contributed by atoms with Gasteiger partial charge in [-0.15, -0.1) is 0 Å². The second-order valence-electron chi connectivity index (χ2n) is 3.77. The molecule has 2 N–H and O–H groups in total. The van der Waals surface area contributed by atoms with Gasteiger partial charge in [0.15, 0.2) is 0 Å². The number of rotatable bonds is 5. The standard InChI is InChI=1S/C10H15F2N3O/c1-6(2)7-3-9(15-5-14-7)13-4-8(16)10(11)12/h3,5-6,8,10,16H,4H2,1-2H3,(H,13,14,15). The Bertz CT molecular complexity index is 334. The molecule has 1 unspecified atom stereocenters. The maximum atomic E-state index is 12.0. The van der Waals surface area contributed by atoms with Crippen LogP contribution in [0.4, 0.5) is 14.6 Å². The molecule has 0 saturated heterocycles. The van der Waals surface area contributed by atoms with Gasteiger partial charge in [0.05, 0.1) is 0 Å². The van der Waals surface area contributed by atoms with Crippen molar-refractivity contribution in [2.45, 2.75) is 32.3 Å². The van der Waals surface area contributed by atoms with Crippen LogP contribution >= 0.6 is 0 Å². The van der Waals surface area contributed by atoms with Gasteiger partial charge in [-0.05, 0) is 5.92 Å². The van der Waals surface area contributed by atoms with Gasteiger partial charge in [-0.1, -0.05) is 13.8 Å². The van der Waals surface area contributed by atoms with Gasteiger partial charge in [-0.2, -0.15) is 0 Å². The Morgan fingerprint density at radius 2 is 2.06 bits per heavy atom. The van der Waals surface area contributed by atoms with Crippen molar-refractivity contribution in [3.05, 3.63) is 18.1 Å². The molecule has 0 aliphatic rings. The highest BCUT2D eigenvalue weighted by molar-refractivity contribution is 5.35. The number of nitrogens with one attached hydrogen (secondary N) is 1. The van der Waals surface area contributed by atoms with E-state index in [0.717, 1.165) is 5.69 Å². The molecule has 1 heterocycles. The minimum absolute atomic E-state index is 0.230. The lowest BCUT2D eigenvalue weighted by molar-refractivity contribution is 0.00380. The van der Waals surface area contributed by atoms with Crippen molar-refractivity contribution in [1.29, 1.82) is 0 Å². The Morgan fingerprint density at radius 1 is 1.38 bits per heavy atom. The average molecular weight is 231 g/mol. The fourth-order valence-electron chi connectivity index (χ4n) is 1.08. The summed E-state index contributed by atoms with van der Waals surface area (Å²) in [5, 5.41) is 11.6. The minimum Gasteiger partial charge on any atom is -0.385 e. The third-order valence-electron chi connectivity index (χ3n) is 2.06. The molecule has 1 rings (SSSR count). The smallest absolute Gasteiger partial charge is 0.265 e. The topological polar surface area (TPSA) is 58.0 Å². The van der Waals surface area contributed by atoms with Crippen LogP contribution in [0, 0.1) is 0 Å². The summed E-state index contributed by atoms with van der Waals surface area (Å²) >= 11 is 0. The fraction of sp³-hybridized carbons (Fsp3) is 0.600. The van der Waals surface area contributed by atoms with Crippen molar-refractivity contribution >= 4 is 5.82 Å². The van der Waals surface area contributed by atoms with Crippen LogP contribution in [0.25, 0.3) is 0 Å². The normalized spacial score (nSPS) is 13.2. The quantitative estimate of drug-likeness (QED) is 0.808. The lowest BCUT2D eigenvalue weighted by atomic mass is 10.1. The number of anilines is 1. The van der Waals surface area contributed by atoms with Crippen LogP contribution in [0.5, 0.6) is 0 Å². The monoisotopic (exact) mass is 231 g/mol. The van der Waals surface area contributed by atoms with Crippen LogP contribution in [0.1, 0.15) is 25.5 Å². The van der Waals surface area contributed by atoms with Crippen LogP contribution in [-0.2, 0) is 0 Å². The van der Waals surface area contributed by atoms with E-state index in [1.807, 2.05) is 13.8 Å². The molecule has 0 aromatic carbocycles. The van der Waals surface area contributed by atoms with Gasteiger partial charge < -0.3 is 10.4 Å². The van der Waals surface area contributed by atoms with Crippen molar-refractivity contribution < 1.29 is 13.9 Å². The third kappa shape index (κ3) is 3.69. The molecule has 90 valence electrons. The molecule has 0 bridgehead atoms. The van der Waals surface area contributed by atoms with Gasteiger partial charge in [0.1, 0.15) is 18.2 Å². The van der Waals surface area contributed by atoms with Crippen LogP contribution in [0.2, 0.25) is 0 Å². The molecular weight excluding hydrogens is 216 g/mol. The Labute approximate surface area is 92.7 Å². The Balaban J connectivity index is 2.57. The van der Waals surface area contributed by atoms with E-state index in [1.54, 1.807) is 6.07 Å². The second kappa shape index (κ2) is 5.69. The maximum absolute atomic E-state index is 12.0. The minimum atomic E-state index is -2.75. The molecule has 0 amide bonds. The first-order valence-corrected chi connectivity index (χ1v) is 5.02. The number of hydrogen-bond acceptors (Lipinski definition) is 4. The number of hydrogen-bond donors (Lipinski definition) is 2. The number of alkyl halides is 2. The summed E-state index contributed by atoms with van der Waals surface area (Å²) in [6.07, 6.45) is -3.07. The highest BCUT2D eigenvalue weighted by atomic mass is 19.3. The number of aliphatic hydroxyl groups excluding tert-OH is 1. The number of aromatic nitrogens is 2. The van der Waals surface area contributed by atoms with Gasteiger partial charge >= 0.3 is 0 Å². The first-order valence-electron chi connectivity index (χ1n) is 5.02. The van der Waals surface area contributed by atoms with Gasteiger partial charge in [0, 0.05) is 18.3 Å². The van der Waals surface area contributed by atoms with Crippen LogP contribution in [-0.4, -0.2) is 34.1 Å². The summed E-state index contributed by atoms with van der Waals surface area (Å²) in [4.78, 5) is 7.91. The summed E-state index contributed by atoms with van der Waals surface area (Å²) in [5.74, 6) is 0.682.